The van der Waals surface area contributed by atoms with Gasteiger partial charge in [0.1, 0.15) is 0 Å². The number of methoxy groups -OCH3 is 1. The molecular weight excluding hydrogens is 236 g/mol. The highest BCUT2D eigenvalue weighted by Gasteiger charge is 2.45. The molecule has 0 radical (unpaired) electrons. The van der Waals surface area contributed by atoms with Gasteiger partial charge in [0, 0.05) is 38.3 Å². The van der Waals surface area contributed by atoms with Crippen LogP contribution in [0.25, 0.3) is 0 Å². The number of nitrogens with one attached hydrogen (secondary N) is 1. The summed E-state index contributed by atoms with van der Waals surface area (Å²) >= 11 is 0. The summed E-state index contributed by atoms with van der Waals surface area (Å²) in [5.41, 5.74) is 0.739. The molecule has 1 spiro atoms. The van der Waals surface area contributed by atoms with E-state index < -0.39 is 0 Å². The van der Waals surface area contributed by atoms with E-state index in [2.05, 4.69) is 37.9 Å². The predicted octanol–water partition coefficient (Wildman–Crippen LogP) is 2.65. The van der Waals surface area contributed by atoms with Gasteiger partial charge in [-0.05, 0) is 25.2 Å². The van der Waals surface area contributed by atoms with Crippen LogP contribution in [-0.2, 0) is 4.74 Å². The third-order valence-corrected chi connectivity index (χ3v) is 5.21. The summed E-state index contributed by atoms with van der Waals surface area (Å²) in [4.78, 5) is 2.74. The van der Waals surface area contributed by atoms with Crippen LogP contribution in [0, 0.1) is 5.41 Å². The van der Waals surface area contributed by atoms with Crippen molar-refractivity contribution in [1.82, 2.24) is 10.2 Å². The number of ether oxygens (including phenoxy) is 1. The Labute approximate surface area is 119 Å². The van der Waals surface area contributed by atoms with Gasteiger partial charge in [-0.1, -0.05) is 33.6 Å². The fourth-order valence-electron chi connectivity index (χ4n) is 3.66. The van der Waals surface area contributed by atoms with Gasteiger partial charge in [0.15, 0.2) is 0 Å². The minimum Gasteiger partial charge on any atom is -0.380 e. The first-order valence-corrected chi connectivity index (χ1v) is 7.89. The molecule has 2 rings (SSSR count). The smallest absolute Gasteiger partial charge is 0.0670 e. The van der Waals surface area contributed by atoms with E-state index in [9.17, 15) is 0 Å². The van der Waals surface area contributed by atoms with Gasteiger partial charge in [-0.25, -0.2) is 0 Å². The molecule has 0 aromatic heterocycles. The minimum absolute atomic E-state index is 0.328. The first-order chi connectivity index (χ1) is 8.87. The van der Waals surface area contributed by atoms with Crippen LogP contribution in [-0.4, -0.2) is 49.3 Å². The molecule has 1 N–H and O–H groups in total. The summed E-state index contributed by atoms with van der Waals surface area (Å²) < 4.78 is 5.51. The molecule has 112 valence electrons. The van der Waals surface area contributed by atoms with Crippen LogP contribution in [0.2, 0.25) is 0 Å². The summed E-state index contributed by atoms with van der Waals surface area (Å²) in [7, 11) is 1.83. The van der Waals surface area contributed by atoms with E-state index in [-0.39, 0.29) is 0 Å². The zero-order valence-corrected chi connectivity index (χ0v) is 13.5. The monoisotopic (exact) mass is 268 g/mol. The lowest BCUT2D eigenvalue weighted by Crippen LogP contribution is -2.67. The number of hydrogen-bond donors (Lipinski definition) is 1. The molecule has 0 aromatic rings. The molecule has 1 saturated carbocycles. The maximum Gasteiger partial charge on any atom is 0.0670 e. The van der Waals surface area contributed by atoms with Crippen molar-refractivity contribution in [2.75, 3.05) is 26.7 Å². The quantitative estimate of drug-likeness (QED) is 0.851. The molecule has 3 nitrogen and oxygen atoms in total. The summed E-state index contributed by atoms with van der Waals surface area (Å²) in [6, 6.07) is 0.586. The molecule has 2 atom stereocenters. The van der Waals surface area contributed by atoms with E-state index in [0.717, 1.165) is 19.6 Å². The van der Waals surface area contributed by atoms with Gasteiger partial charge in [0.25, 0.3) is 0 Å². The standard InChI is InChI=1S/C16H32N2O/c1-13(19-5)10-18-11-14(15(2,3)4)17-12-16(18)8-6-7-9-16/h13-14,17H,6-12H2,1-5H3. The molecule has 3 heteroatoms. The second-order valence-electron chi connectivity index (χ2n) is 7.68. The number of nitrogens with zero attached hydrogens (tertiary/aromatic N) is 1. The maximum absolute atomic E-state index is 5.51. The molecule has 0 aromatic carbocycles. The van der Waals surface area contributed by atoms with Crippen LogP contribution in [0.1, 0.15) is 53.4 Å². The van der Waals surface area contributed by atoms with Crippen molar-refractivity contribution in [3.05, 3.63) is 0 Å². The fourth-order valence-corrected chi connectivity index (χ4v) is 3.66. The van der Waals surface area contributed by atoms with E-state index >= 15 is 0 Å². The van der Waals surface area contributed by atoms with Gasteiger partial charge in [0.2, 0.25) is 0 Å². The molecule has 0 bridgehead atoms. The van der Waals surface area contributed by atoms with Crippen LogP contribution in [0.5, 0.6) is 0 Å². The zero-order chi connectivity index (χ0) is 14.1. The Morgan fingerprint density at radius 1 is 1.32 bits per heavy atom. The van der Waals surface area contributed by atoms with E-state index in [4.69, 9.17) is 4.74 Å². The van der Waals surface area contributed by atoms with Gasteiger partial charge in [-0.2, -0.15) is 0 Å². The number of hydrogen-bond acceptors (Lipinski definition) is 3. The zero-order valence-electron chi connectivity index (χ0n) is 13.5. The van der Waals surface area contributed by atoms with E-state index in [1.54, 1.807) is 0 Å². The first kappa shape index (κ1) is 15.3. The van der Waals surface area contributed by atoms with Crippen LogP contribution in [0.4, 0.5) is 0 Å². The molecule has 1 saturated heterocycles. The maximum atomic E-state index is 5.51. The largest absolute Gasteiger partial charge is 0.380 e. The third-order valence-electron chi connectivity index (χ3n) is 5.21. The van der Waals surface area contributed by atoms with Crippen molar-refractivity contribution in [1.29, 1.82) is 0 Å². The van der Waals surface area contributed by atoms with Crippen molar-refractivity contribution < 1.29 is 4.74 Å². The van der Waals surface area contributed by atoms with Crippen LogP contribution in [0.3, 0.4) is 0 Å². The summed E-state index contributed by atoms with van der Waals surface area (Å²) in [6.07, 6.45) is 5.82. The van der Waals surface area contributed by atoms with Gasteiger partial charge in [-0.3, -0.25) is 4.90 Å². The number of piperazine rings is 1. The van der Waals surface area contributed by atoms with Gasteiger partial charge in [0.05, 0.1) is 6.10 Å². The molecule has 2 aliphatic rings. The molecule has 2 unspecified atom stereocenters. The van der Waals surface area contributed by atoms with Gasteiger partial charge < -0.3 is 10.1 Å². The lowest BCUT2D eigenvalue weighted by atomic mass is 9.81. The van der Waals surface area contributed by atoms with E-state index in [1.165, 1.54) is 25.7 Å². The van der Waals surface area contributed by atoms with E-state index in [0.29, 0.717) is 23.1 Å². The van der Waals surface area contributed by atoms with Crippen LogP contribution >= 0.6 is 0 Å². The van der Waals surface area contributed by atoms with Gasteiger partial charge in [-0.15, -0.1) is 0 Å². The van der Waals surface area contributed by atoms with Crippen LogP contribution < -0.4 is 5.32 Å². The van der Waals surface area contributed by atoms with Crippen molar-refractivity contribution in [2.45, 2.75) is 71.1 Å². The SMILES string of the molecule is COC(C)CN1CC(C(C)(C)C)NCC12CCCC2. The first-order valence-electron chi connectivity index (χ1n) is 7.89. The van der Waals surface area contributed by atoms with E-state index in [1.807, 2.05) is 7.11 Å². The second kappa shape index (κ2) is 5.71. The van der Waals surface area contributed by atoms with Crippen molar-refractivity contribution in [2.24, 2.45) is 5.41 Å². The normalized spacial score (nSPS) is 29.8. The topological polar surface area (TPSA) is 24.5 Å². The molecule has 2 fully saturated rings. The average Bonchev–Trinajstić information content (AvgIpc) is 2.80. The Morgan fingerprint density at radius 2 is 1.95 bits per heavy atom. The predicted molar refractivity (Wildman–Crippen MR) is 80.5 cm³/mol. The molecule has 1 aliphatic carbocycles. The molecule has 19 heavy (non-hydrogen) atoms. The summed E-state index contributed by atoms with van der Waals surface area (Å²) in [5.74, 6) is 0. The second-order valence-corrected chi connectivity index (χ2v) is 7.68. The molecule has 1 heterocycles. The fraction of sp³-hybridized carbons (Fsp3) is 1.00. The summed E-state index contributed by atoms with van der Waals surface area (Å²) in [6.45, 7) is 12.6. The highest BCUT2D eigenvalue weighted by atomic mass is 16.5. The highest BCUT2D eigenvalue weighted by Crippen LogP contribution is 2.39. The van der Waals surface area contributed by atoms with Gasteiger partial charge >= 0.3 is 0 Å². The van der Waals surface area contributed by atoms with Crippen LogP contribution in [0.15, 0.2) is 0 Å². The Morgan fingerprint density at radius 3 is 2.47 bits per heavy atom. The Hall–Kier alpha value is -0.120. The number of rotatable bonds is 3. The Kier molecular flexibility index (Phi) is 4.59. The molecule has 0 amide bonds. The Balaban J connectivity index is 2.10. The Bertz CT molecular complexity index is 292. The van der Waals surface area contributed by atoms with Crippen molar-refractivity contribution in [3.8, 4) is 0 Å². The molecule has 1 aliphatic heterocycles. The lowest BCUT2D eigenvalue weighted by Gasteiger charge is -2.51. The minimum atomic E-state index is 0.328. The van der Waals surface area contributed by atoms with Crippen molar-refractivity contribution >= 4 is 0 Å². The highest BCUT2D eigenvalue weighted by molar-refractivity contribution is 5.04. The lowest BCUT2D eigenvalue weighted by molar-refractivity contribution is -0.0200. The third kappa shape index (κ3) is 3.32. The molecular formula is C16H32N2O. The average molecular weight is 268 g/mol. The van der Waals surface area contributed by atoms with Crippen molar-refractivity contribution in [3.63, 3.8) is 0 Å². The summed E-state index contributed by atoms with van der Waals surface area (Å²) in [5, 5.41) is 3.83.